The van der Waals surface area contributed by atoms with Crippen molar-refractivity contribution in [2.75, 3.05) is 0 Å². The van der Waals surface area contributed by atoms with Crippen LogP contribution in [0.3, 0.4) is 0 Å². The fourth-order valence-corrected chi connectivity index (χ4v) is 3.63. The standard InChI is InChI=1S/C16H22O3/c1-10-4-5-15-13(6-10)14(17)9-16(19-15)7-11(2)18-12(3)8-16/h4-6,11-12,14,17H,7-9H2,1-3H3/t11?,12?,14-,16?/m0/s1. The second-order valence-electron chi connectivity index (χ2n) is 6.21. The van der Waals surface area contributed by atoms with Crippen LogP contribution in [-0.4, -0.2) is 22.9 Å². The number of aliphatic hydroxyl groups is 1. The third-order valence-electron chi connectivity index (χ3n) is 4.20. The van der Waals surface area contributed by atoms with Gasteiger partial charge in [-0.1, -0.05) is 11.6 Å². The molecule has 3 nitrogen and oxygen atoms in total. The maximum absolute atomic E-state index is 10.5. The van der Waals surface area contributed by atoms with E-state index < -0.39 is 6.10 Å². The maximum atomic E-state index is 10.5. The minimum atomic E-state index is -0.429. The number of ether oxygens (including phenoxy) is 2. The van der Waals surface area contributed by atoms with E-state index in [1.807, 2.05) is 25.1 Å². The molecule has 2 aliphatic rings. The van der Waals surface area contributed by atoms with Gasteiger partial charge < -0.3 is 14.6 Å². The second kappa shape index (κ2) is 4.50. The fraction of sp³-hybridized carbons (Fsp3) is 0.625. The smallest absolute Gasteiger partial charge is 0.125 e. The van der Waals surface area contributed by atoms with E-state index in [2.05, 4.69) is 13.8 Å². The Kier molecular flexibility index (Phi) is 3.06. The van der Waals surface area contributed by atoms with Crippen molar-refractivity contribution in [3.05, 3.63) is 29.3 Å². The highest BCUT2D eigenvalue weighted by molar-refractivity contribution is 5.41. The van der Waals surface area contributed by atoms with Crippen molar-refractivity contribution < 1.29 is 14.6 Å². The Labute approximate surface area is 114 Å². The van der Waals surface area contributed by atoms with Crippen LogP contribution in [0.1, 0.15) is 50.3 Å². The Morgan fingerprint density at radius 1 is 1.16 bits per heavy atom. The summed E-state index contributed by atoms with van der Waals surface area (Å²) in [5.41, 5.74) is 1.82. The van der Waals surface area contributed by atoms with Gasteiger partial charge in [-0.05, 0) is 32.9 Å². The van der Waals surface area contributed by atoms with Crippen molar-refractivity contribution in [1.82, 2.24) is 0 Å². The van der Waals surface area contributed by atoms with Crippen molar-refractivity contribution in [1.29, 1.82) is 0 Å². The molecule has 2 aliphatic heterocycles. The van der Waals surface area contributed by atoms with Gasteiger partial charge in [0.2, 0.25) is 0 Å². The molecule has 1 fully saturated rings. The Balaban J connectivity index is 1.94. The molecule has 0 radical (unpaired) electrons. The Bertz CT molecular complexity index is 473. The fourth-order valence-electron chi connectivity index (χ4n) is 3.63. The van der Waals surface area contributed by atoms with E-state index in [-0.39, 0.29) is 17.8 Å². The average Bonchev–Trinajstić information content (AvgIpc) is 2.28. The lowest BCUT2D eigenvalue weighted by atomic mass is 9.79. The lowest BCUT2D eigenvalue weighted by Gasteiger charge is -2.46. The molecule has 2 unspecified atom stereocenters. The summed E-state index contributed by atoms with van der Waals surface area (Å²) in [5.74, 6) is 0.839. The topological polar surface area (TPSA) is 38.7 Å². The highest BCUT2D eigenvalue weighted by atomic mass is 16.5. The monoisotopic (exact) mass is 262 g/mol. The number of hydrogen-bond donors (Lipinski definition) is 1. The normalized spacial score (nSPS) is 37.8. The van der Waals surface area contributed by atoms with Gasteiger partial charge in [0.15, 0.2) is 0 Å². The first kappa shape index (κ1) is 12.9. The molecular formula is C16H22O3. The van der Waals surface area contributed by atoms with Crippen LogP contribution in [-0.2, 0) is 4.74 Å². The summed E-state index contributed by atoms with van der Waals surface area (Å²) in [6.45, 7) is 6.20. The van der Waals surface area contributed by atoms with E-state index in [1.165, 1.54) is 0 Å². The number of rotatable bonds is 0. The van der Waals surface area contributed by atoms with E-state index in [0.717, 1.165) is 29.7 Å². The quantitative estimate of drug-likeness (QED) is 0.780. The largest absolute Gasteiger partial charge is 0.487 e. The SMILES string of the molecule is Cc1ccc2c(c1)[C@@H](O)CC1(CC(C)OC(C)C1)O2. The van der Waals surface area contributed by atoms with Gasteiger partial charge in [0.25, 0.3) is 0 Å². The lowest BCUT2D eigenvalue weighted by molar-refractivity contribution is -0.140. The van der Waals surface area contributed by atoms with Gasteiger partial charge in [0.05, 0.1) is 18.3 Å². The molecule has 0 bridgehead atoms. The van der Waals surface area contributed by atoms with Gasteiger partial charge in [0.1, 0.15) is 11.4 Å². The van der Waals surface area contributed by atoms with E-state index in [4.69, 9.17) is 9.47 Å². The number of hydrogen-bond acceptors (Lipinski definition) is 3. The van der Waals surface area contributed by atoms with Crippen molar-refractivity contribution in [3.63, 3.8) is 0 Å². The van der Waals surface area contributed by atoms with Crippen molar-refractivity contribution in [2.45, 2.75) is 63.9 Å². The summed E-state index contributed by atoms with van der Waals surface area (Å²) in [4.78, 5) is 0. The first-order chi connectivity index (χ1) is 8.97. The lowest BCUT2D eigenvalue weighted by Crippen LogP contribution is -2.50. The molecule has 3 heteroatoms. The predicted octanol–water partition coefficient (Wildman–Crippen LogP) is 3.14. The summed E-state index contributed by atoms with van der Waals surface area (Å²) in [6, 6.07) is 6.05. The van der Waals surface area contributed by atoms with Crippen LogP contribution in [0.4, 0.5) is 0 Å². The molecule has 0 aliphatic carbocycles. The van der Waals surface area contributed by atoms with Gasteiger partial charge >= 0.3 is 0 Å². The minimum absolute atomic E-state index is 0.183. The van der Waals surface area contributed by atoms with Crippen LogP contribution < -0.4 is 4.74 Å². The third kappa shape index (κ3) is 2.37. The van der Waals surface area contributed by atoms with E-state index in [9.17, 15) is 5.11 Å². The van der Waals surface area contributed by atoms with Crippen molar-refractivity contribution in [2.24, 2.45) is 0 Å². The van der Waals surface area contributed by atoms with Gasteiger partial charge in [-0.2, -0.15) is 0 Å². The van der Waals surface area contributed by atoms with E-state index >= 15 is 0 Å². The summed E-state index contributed by atoms with van der Waals surface area (Å²) in [7, 11) is 0. The van der Waals surface area contributed by atoms with Crippen molar-refractivity contribution >= 4 is 0 Å². The molecular weight excluding hydrogens is 240 g/mol. The Hall–Kier alpha value is -1.06. The van der Waals surface area contributed by atoms with Crippen LogP contribution in [0.5, 0.6) is 5.75 Å². The molecule has 0 saturated carbocycles. The number of benzene rings is 1. The zero-order chi connectivity index (χ0) is 13.6. The first-order valence-corrected chi connectivity index (χ1v) is 7.10. The van der Waals surface area contributed by atoms with Crippen LogP contribution in [0.15, 0.2) is 18.2 Å². The van der Waals surface area contributed by atoms with E-state index in [0.29, 0.717) is 6.42 Å². The maximum Gasteiger partial charge on any atom is 0.125 e. The third-order valence-corrected chi connectivity index (χ3v) is 4.20. The first-order valence-electron chi connectivity index (χ1n) is 7.10. The molecule has 3 atom stereocenters. The van der Waals surface area contributed by atoms with E-state index in [1.54, 1.807) is 0 Å². The number of aryl methyl sites for hydroxylation is 1. The van der Waals surface area contributed by atoms with Crippen LogP contribution in [0, 0.1) is 6.92 Å². The van der Waals surface area contributed by atoms with Gasteiger partial charge in [-0.25, -0.2) is 0 Å². The minimum Gasteiger partial charge on any atom is -0.487 e. The molecule has 0 amide bonds. The molecule has 1 aromatic carbocycles. The molecule has 19 heavy (non-hydrogen) atoms. The molecule has 0 aromatic heterocycles. The zero-order valence-corrected chi connectivity index (χ0v) is 11.8. The van der Waals surface area contributed by atoms with Gasteiger partial charge in [-0.3, -0.25) is 0 Å². The summed E-state index contributed by atoms with van der Waals surface area (Å²) in [5, 5.41) is 10.5. The Morgan fingerprint density at radius 2 is 1.84 bits per heavy atom. The van der Waals surface area contributed by atoms with Crippen molar-refractivity contribution in [3.8, 4) is 5.75 Å². The second-order valence-corrected chi connectivity index (χ2v) is 6.21. The summed E-state index contributed by atoms with van der Waals surface area (Å²) >= 11 is 0. The van der Waals surface area contributed by atoms with Crippen LogP contribution >= 0.6 is 0 Å². The molecule has 2 heterocycles. The van der Waals surface area contributed by atoms with Gasteiger partial charge in [-0.15, -0.1) is 0 Å². The number of fused-ring (bicyclic) bond motifs is 1. The summed E-state index contributed by atoms with van der Waals surface area (Å²) in [6.07, 6.45) is 2.30. The van der Waals surface area contributed by atoms with Crippen LogP contribution in [0.2, 0.25) is 0 Å². The Morgan fingerprint density at radius 3 is 2.53 bits per heavy atom. The van der Waals surface area contributed by atoms with Gasteiger partial charge in [0, 0.05) is 24.8 Å². The predicted molar refractivity (Wildman–Crippen MR) is 73.4 cm³/mol. The highest BCUT2D eigenvalue weighted by Crippen LogP contribution is 2.46. The zero-order valence-electron chi connectivity index (χ0n) is 11.8. The average molecular weight is 262 g/mol. The summed E-state index contributed by atoms with van der Waals surface area (Å²) < 4.78 is 12.1. The molecule has 1 aromatic rings. The number of aliphatic hydroxyl groups excluding tert-OH is 1. The molecule has 104 valence electrons. The highest BCUT2D eigenvalue weighted by Gasteiger charge is 2.45. The molecule has 1 spiro atoms. The molecule has 1 saturated heterocycles. The molecule has 1 N–H and O–H groups in total. The molecule has 3 rings (SSSR count). The van der Waals surface area contributed by atoms with Crippen LogP contribution in [0.25, 0.3) is 0 Å².